The minimum Gasteiger partial charge on any atom is -0.377 e. The van der Waals surface area contributed by atoms with Crippen molar-refractivity contribution < 1.29 is 19.4 Å². The summed E-state index contributed by atoms with van der Waals surface area (Å²) in [6.45, 7) is 1.76. The Hall–Kier alpha value is -1.74. The van der Waals surface area contributed by atoms with Crippen molar-refractivity contribution in [1.29, 1.82) is 0 Å². The van der Waals surface area contributed by atoms with Crippen LogP contribution in [-0.2, 0) is 9.68 Å². The fourth-order valence-corrected chi connectivity index (χ4v) is 1.78. The number of nitrogens with two attached hydrogens (primary N) is 1. The molecule has 0 saturated carbocycles. The zero-order valence-corrected chi connectivity index (χ0v) is 11.3. The first-order valence-corrected chi connectivity index (χ1v) is 5.72. The van der Waals surface area contributed by atoms with E-state index in [1.807, 2.05) is 0 Å². The molecular weight excluding hydrogens is 252 g/mol. The van der Waals surface area contributed by atoms with E-state index in [9.17, 15) is 10.1 Å². The summed E-state index contributed by atoms with van der Waals surface area (Å²) >= 11 is 0. The maximum atomic E-state index is 11.1. The van der Waals surface area contributed by atoms with Gasteiger partial charge in [0.2, 0.25) is 0 Å². The third-order valence-electron chi connectivity index (χ3n) is 2.79. The number of hydrogen-bond donors (Lipinski definition) is 1. The summed E-state index contributed by atoms with van der Waals surface area (Å²) in [6.07, 6.45) is -0.367. The van der Waals surface area contributed by atoms with Gasteiger partial charge in [0.05, 0.1) is 16.6 Å². The highest BCUT2D eigenvalue weighted by Gasteiger charge is 2.40. The summed E-state index contributed by atoms with van der Waals surface area (Å²) in [4.78, 5) is 16.1. The number of nitro groups is 1. The first kappa shape index (κ1) is 13.7. The second-order valence-corrected chi connectivity index (χ2v) is 4.84. The van der Waals surface area contributed by atoms with Crippen molar-refractivity contribution >= 4 is 17.1 Å². The average Bonchev–Trinajstić information content (AvgIpc) is 2.96. The highest BCUT2D eigenvalue weighted by Crippen LogP contribution is 2.52. The Bertz CT molecular complexity index is 526. The number of hydroxylamine groups is 2. The molecule has 0 bridgehead atoms. The quantitative estimate of drug-likeness (QED) is 0.287. The minimum atomic E-state index is -0.427. The molecule has 1 aliphatic heterocycles. The summed E-state index contributed by atoms with van der Waals surface area (Å²) in [7, 11) is 4.80. The molecule has 1 aromatic rings. The van der Waals surface area contributed by atoms with E-state index in [1.54, 1.807) is 27.1 Å². The molecule has 8 nitrogen and oxygen atoms in total. The zero-order valence-electron chi connectivity index (χ0n) is 11.3. The van der Waals surface area contributed by atoms with Crippen LogP contribution in [0.25, 0.3) is 0 Å². The Balaban J connectivity index is 2.33. The zero-order chi connectivity index (χ0) is 14.4. The van der Waals surface area contributed by atoms with Gasteiger partial charge in [-0.2, -0.15) is 5.06 Å². The van der Waals surface area contributed by atoms with Gasteiger partial charge in [0, 0.05) is 13.2 Å². The Morgan fingerprint density at radius 3 is 2.47 bits per heavy atom. The first-order valence-electron chi connectivity index (χ1n) is 5.72. The number of hydrogen-bond acceptors (Lipinski definition) is 6. The number of fused-ring (bicyclic) bond motifs is 1. The van der Waals surface area contributed by atoms with Crippen LogP contribution in [0.3, 0.4) is 0 Å². The number of anilines is 2. The van der Waals surface area contributed by atoms with Gasteiger partial charge < -0.3 is 4.74 Å². The lowest BCUT2D eigenvalue weighted by Gasteiger charge is -2.18. The molecular formula is C11H17N4O4+. The number of nitro benzene ring substituents is 1. The molecule has 1 aliphatic rings. The monoisotopic (exact) mass is 269 g/mol. The van der Waals surface area contributed by atoms with Crippen LogP contribution in [0.2, 0.25) is 0 Å². The lowest BCUT2D eigenvalue weighted by Crippen LogP contribution is -2.48. The van der Waals surface area contributed by atoms with Crippen LogP contribution in [0.4, 0.5) is 17.1 Å². The predicted octanol–water partition coefficient (Wildman–Crippen LogP) is 1.55. The predicted molar refractivity (Wildman–Crippen MR) is 68.0 cm³/mol. The van der Waals surface area contributed by atoms with Crippen LogP contribution in [-0.4, -0.2) is 30.9 Å². The normalized spacial score (nSPS) is 15.1. The second kappa shape index (κ2) is 4.42. The van der Waals surface area contributed by atoms with Crippen molar-refractivity contribution in [2.45, 2.75) is 13.0 Å². The van der Waals surface area contributed by atoms with Crippen molar-refractivity contribution in [1.82, 2.24) is 0 Å². The third kappa shape index (κ3) is 2.66. The van der Waals surface area contributed by atoms with Crippen LogP contribution >= 0.6 is 0 Å². The summed E-state index contributed by atoms with van der Waals surface area (Å²) in [5, 5.41) is 12.5. The van der Waals surface area contributed by atoms with Crippen molar-refractivity contribution in [2.24, 2.45) is 5.84 Å². The van der Waals surface area contributed by atoms with E-state index in [4.69, 9.17) is 15.5 Å². The molecule has 1 atom stereocenters. The molecule has 0 aliphatic carbocycles. The lowest BCUT2D eigenvalue weighted by molar-refractivity contribution is -1.09. The molecule has 2 N–H and O–H groups in total. The largest absolute Gasteiger partial charge is 0.377 e. The maximum absolute atomic E-state index is 11.1. The molecule has 0 fully saturated rings. The molecule has 0 saturated heterocycles. The fourth-order valence-electron chi connectivity index (χ4n) is 1.78. The van der Waals surface area contributed by atoms with Crippen LogP contribution < -0.4 is 10.9 Å². The summed E-state index contributed by atoms with van der Waals surface area (Å²) < 4.78 is 4.92. The highest BCUT2D eigenvalue weighted by atomic mass is 16.9. The molecule has 0 radical (unpaired) electrons. The van der Waals surface area contributed by atoms with Gasteiger partial charge in [0.1, 0.15) is 25.5 Å². The molecule has 1 aromatic carbocycles. The van der Waals surface area contributed by atoms with Crippen LogP contribution in [0.15, 0.2) is 12.1 Å². The minimum absolute atomic E-state index is 0.0153. The Morgan fingerprint density at radius 2 is 2.00 bits per heavy atom. The van der Waals surface area contributed by atoms with Gasteiger partial charge in [-0.1, -0.05) is 9.69 Å². The average molecular weight is 269 g/mol. The van der Waals surface area contributed by atoms with Crippen LogP contribution in [0.1, 0.15) is 18.6 Å². The molecule has 0 amide bonds. The van der Waals surface area contributed by atoms with Crippen molar-refractivity contribution in [2.75, 3.05) is 26.3 Å². The van der Waals surface area contributed by atoms with Gasteiger partial charge in [-0.3, -0.25) is 10.1 Å². The molecule has 1 unspecified atom stereocenters. The number of rotatable bonds is 5. The van der Waals surface area contributed by atoms with E-state index in [2.05, 4.69) is 0 Å². The molecule has 19 heavy (non-hydrogen) atoms. The molecule has 0 spiro atoms. The van der Waals surface area contributed by atoms with E-state index in [-0.39, 0.29) is 16.5 Å². The number of methoxy groups -OCH3 is 1. The smallest absolute Gasteiger partial charge is 0.277 e. The van der Waals surface area contributed by atoms with Crippen molar-refractivity contribution in [3.63, 3.8) is 0 Å². The third-order valence-corrected chi connectivity index (χ3v) is 2.79. The van der Waals surface area contributed by atoms with Gasteiger partial charge in [0.15, 0.2) is 0 Å². The summed E-state index contributed by atoms with van der Waals surface area (Å²) in [5.74, 6) is 5.69. The number of nitrogens with zero attached hydrogens (tertiary/aromatic N) is 3. The summed E-state index contributed by atoms with van der Waals surface area (Å²) in [5.41, 5.74) is 1.94. The number of quaternary nitrogens is 1. The van der Waals surface area contributed by atoms with Crippen LogP contribution in [0, 0.1) is 10.1 Å². The standard InChI is InChI=1S/C11H17N4O4/c1-7(18-4)8-5-10-11(6-9(8)14(16)17)13(10)19-15(2,3)12/h5-7H,12H2,1-4H3/q+1. The van der Waals surface area contributed by atoms with E-state index >= 15 is 0 Å². The maximum Gasteiger partial charge on any atom is 0.277 e. The lowest BCUT2D eigenvalue weighted by atomic mass is 10.1. The van der Waals surface area contributed by atoms with Crippen molar-refractivity contribution in [3.05, 3.63) is 27.8 Å². The van der Waals surface area contributed by atoms with E-state index in [0.717, 1.165) is 5.69 Å². The molecule has 8 heteroatoms. The van der Waals surface area contributed by atoms with E-state index < -0.39 is 4.92 Å². The van der Waals surface area contributed by atoms with E-state index in [0.29, 0.717) is 11.3 Å². The van der Waals surface area contributed by atoms with Gasteiger partial charge in [-0.05, 0) is 13.0 Å². The summed E-state index contributed by atoms with van der Waals surface area (Å²) in [6, 6.07) is 3.16. The first-order chi connectivity index (χ1) is 8.74. The SMILES string of the molecule is COC(C)c1cc2c(cc1[N+](=O)[O-])N2O[N+](C)(C)N. The van der Waals surface area contributed by atoms with Gasteiger partial charge in [0.25, 0.3) is 5.69 Å². The molecule has 2 rings (SSSR count). The van der Waals surface area contributed by atoms with E-state index in [1.165, 1.54) is 18.2 Å². The Morgan fingerprint density at radius 1 is 1.42 bits per heavy atom. The van der Waals surface area contributed by atoms with Gasteiger partial charge >= 0.3 is 0 Å². The highest BCUT2D eigenvalue weighted by molar-refractivity contribution is 5.93. The Labute approximate surface area is 110 Å². The second-order valence-electron chi connectivity index (χ2n) is 4.84. The molecule has 104 valence electrons. The molecule has 1 heterocycles. The fraction of sp³-hybridized carbons (Fsp3) is 0.455. The van der Waals surface area contributed by atoms with Gasteiger partial charge in [-0.25, -0.2) is 0 Å². The van der Waals surface area contributed by atoms with Crippen molar-refractivity contribution in [3.8, 4) is 0 Å². The topological polar surface area (TPSA) is 90.6 Å². The Kier molecular flexibility index (Phi) is 3.19. The molecule has 0 aromatic heterocycles. The van der Waals surface area contributed by atoms with Gasteiger partial charge in [-0.15, -0.1) is 5.84 Å². The van der Waals surface area contributed by atoms with Crippen LogP contribution in [0.5, 0.6) is 0 Å². The number of benzene rings is 1. The number of ether oxygens (including phenoxy) is 1.